The lowest BCUT2D eigenvalue weighted by Gasteiger charge is -2.34. The van der Waals surface area contributed by atoms with E-state index < -0.39 is 54.5 Å². The molecule has 0 aliphatic heterocycles. The van der Waals surface area contributed by atoms with Crippen molar-refractivity contribution in [1.29, 1.82) is 1.43 Å². The highest BCUT2D eigenvalue weighted by Gasteiger charge is 2.33. The number of hydrogen-bond acceptors (Lipinski definition) is 7. The summed E-state index contributed by atoms with van der Waals surface area (Å²) in [5.74, 6) is -2.64. The first-order valence-electron chi connectivity index (χ1n) is 7.70. The van der Waals surface area contributed by atoms with Crippen LogP contribution in [0.15, 0.2) is 0 Å². The molecule has 0 spiro atoms. The van der Waals surface area contributed by atoms with E-state index in [0.29, 0.717) is 0 Å². The van der Waals surface area contributed by atoms with Crippen LogP contribution in [0.4, 0.5) is 0 Å². The fourth-order valence-corrected chi connectivity index (χ4v) is 2.16. The summed E-state index contributed by atoms with van der Waals surface area (Å²) < 4.78 is 6.40. The number of carboxylic acids is 1. The lowest BCUT2D eigenvalue weighted by atomic mass is 9.89. The molecule has 23 heavy (non-hydrogen) atoms. The summed E-state index contributed by atoms with van der Waals surface area (Å²) in [7, 11) is 0. The summed E-state index contributed by atoms with van der Waals surface area (Å²) in [4.78, 5) is 35.0. The van der Waals surface area contributed by atoms with E-state index in [2.05, 4.69) is 15.7 Å². The number of aliphatic carboxylic acids is 1. The van der Waals surface area contributed by atoms with Crippen molar-refractivity contribution >= 4 is 17.8 Å². The number of carboxylic acid groups (broad SMARTS) is 1. The molecule has 7 N–H and O–H groups in total. The predicted molar refractivity (Wildman–Crippen MR) is 82.3 cm³/mol. The SMILES string of the molecule is [2H]OC(=O)C[C@H](N)C(=O)N[C@@H](CO)C(=O)NC(C(C)C)C(C)(C)O. The molecule has 0 radical (unpaired) electrons. The smallest absolute Gasteiger partial charge is 0.305 e. The molecule has 0 aliphatic rings. The molecule has 0 aromatic rings. The van der Waals surface area contributed by atoms with Crippen molar-refractivity contribution in [3.8, 4) is 0 Å². The Morgan fingerprint density at radius 3 is 2.17 bits per heavy atom. The first-order valence-corrected chi connectivity index (χ1v) is 7.29. The van der Waals surface area contributed by atoms with Crippen LogP contribution in [0.25, 0.3) is 1.43 Å². The maximum Gasteiger partial charge on any atom is 0.305 e. The first kappa shape index (κ1) is 19.3. The van der Waals surface area contributed by atoms with Gasteiger partial charge in [-0.3, -0.25) is 14.4 Å². The molecule has 9 nitrogen and oxygen atoms in total. The average molecular weight is 334 g/mol. The molecular formula is C14H27N3O6. The molecule has 0 aliphatic carbocycles. The normalized spacial score (nSPS) is 16.1. The van der Waals surface area contributed by atoms with E-state index in [0.717, 1.165) is 0 Å². The summed E-state index contributed by atoms with van der Waals surface area (Å²) in [6.45, 7) is 5.99. The maximum atomic E-state index is 12.2. The van der Waals surface area contributed by atoms with E-state index in [1.165, 1.54) is 13.8 Å². The maximum absolute atomic E-state index is 12.2. The third-order valence-corrected chi connectivity index (χ3v) is 3.26. The van der Waals surface area contributed by atoms with Crippen LogP contribution < -0.4 is 16.4 Å². The van der Waals surface area contributed by atoms with Gasteiger partial charge in [-0.1, -0.05) is 13.8 Å². The van der Waals surface area contributed by atoms with Gasteiger partial charge in [0.1, 0.15) is 6.04 Å². The Kier molecular flexibility index (Phi) is 7.40. The molecule has 0 saturated carbocycles. The van der Waals surface area contributed by atoms with Crippen LogP contribution in [-0.4, -0.2) is 63.4 Å². The zero-order valence-corrected chi connectivity index (χ0v) is 13.8. The number of hydrogen-bond donors (Lipinski definition) is 6. The average Bonchev–Trinajstić information content (AvgIpc) is 2.47. The third-order valence-electron chi connectivity index (χ3n) is 3.26. The fraction of sp³-hybridized carbons (Fsp3) is 0.786. The van der Waals surface area contributed by atoms with Gasteiger partial charge < -0.3 is 31.7 Å². The van der Waals surface area contributed by atoms with Gasteiger partial charge in [0.25, 0.3) is 1.43 Å². The van der Waals surface area contributed by atoms with E-state index in [1.807, 2.05) is 0 Å². The minimum absolute atomic E-state index is 0.0990. The van der Waals surface area contributed by atoms with Crippen molar-refractivity contribution in [3.05, 3.63) is 0 Å². The lowest BCUT2D eigenvalue weighted by Crippen LogP contribution is -2.59. The van der Waals surface area contributed by atoms with Gasteiger partial charge in [0.2, 0.25) is 11.8 Å². The van der Waals surface area contributed by atoms with Crippen molar-refractivity contribution in [2.45, 2.75) is 57.8 Å². The summed E-state index contributed by atoms with van der Waals surface area (Å²) >= 11 is 0. The van der Waals surface area contributed by atoms with Crippen LogP contribution in [0.1, 0.15) is 34.1 Å². The molecule has 2 amide bonds. The van der Waals surface area contributed by atoms with Crippen molar-refractivity contribution in [2.75, 3.05) is 6.61 Å². The molecule has 9 heteroatoms. The van der Waals surface area contributed by atoms with Gasteiger partial charge in [0.15, 0.2) is 0 Å². The van der Waals surface area contributed by atoms with Crippen molar-refractivity contribution in [2.24, 2.45) is 11.7 Å². The number of carbonyl (C=O) groups is 3. The highest BCUT2D eigenvalue weighted by Crippen LogP contribution is 2.16. The van der Waals surface area contributed by atoms with E-state index in [9.17, 15) is 24.6 Å². The largest absolute Gasteiger partial charge is 0.481 e. The zero-order valence-electron chi connectivity index (χ0n) is 14.8. The second-order valence-corrected chi connectivity index (χ2v) is 6.31. The molecule has 0 saturated heterocycles. The quantitative estimate of drug-likeness (QED) is 0.289. The van der Waals surface area contributed by atoms with E-state index in [4.69, 9.17) is 7.16 Å². The summed E-state index contributed by atoms with van der Waals surface area (Å²) in [6.07, 6.45) is -0.534. The van der Waals surface area contributed by atoms with Crippen LogP contribution in [0.5, 0.6) is 0 Å². The number of carbonyl (C=O) groups excluding carboxylic acids is 2. The zero-order chi connectivity index (χ0) is 19.1. The Morgan fingerprint density at radius 2 is 1.78 bits per heavy atom. The highest BCUT2D eigenvalue weighted by atomic mass is 16.4. The second kappa shape index (κ2) is 8.80. The summed E-state index contributed by atoms with van der Waals surface area (Å²) in [6, 6.07) is -3.22. The van der Waals surface area contributed by atoms with Crippen LogP contribution >= 0.6 is 0 Å². The molecule has 0 fully saturated rings. The lowest BCUT2D eigenvalue weighted by molar-refractivity contribution is -0.140. The molecule has 0 bridgehead atoms. The number of amides is 2. The fourth-order valence-electron chi connectivity index (χ4n) is 2.16. The Hall–Kier alpha value is -1.71. The standard InChI is InChI=1S/C14H27N3O6/c1-7(2)11(14(3,4)23)17-13(22)9(6-18)16-12(21)8(15)5-10(19)20/h7-9,11,18,23H,5-6,15H2,1-4H3,(H,16,21)(H,17,22)(H,19,20)/t8-,9-,11?/m0/s1/i/hD. The number of aliphatic hydroxyl groups excluding tert-OH is 1. The molecule has 0 rings (SSSR count). The molecule has 134 valence electrons. The molecule has 1 unspecified atom stereocenters. The number of rotatable bonds is 9. The van der Waals surface area contributed by atoms with Gasteiger partial charge in [0.05, 0.1) is 30.7 Å². The van der Waals surface area contributed by atoms with Crippen LogP contribution in [0, 0.1) is 5.92 Å². The number of nitrogens with one attached hydrogen (secondary N) is 2. The van der Waals surface area contributed by atoms with Gasteiger partial charge in [-0.15, -0.1) is 0 Å². The van der Waals surface area contributed by atoms with Crippen molar-refractivity contribution in [1.82, 2.24) is 10.6 Å². The third kappa shape index (κ3) is 7.40. The topological polar surface area (TPSA) is 162 Å². The summed E-state index contributed by atoms with van der Waals surface area (Å²) in [5, 5.41) is 27.9. The molecule has 0 aromatic carbocycles. The molecule has 0 heterocycles. The van der Waals surface area contributed by atoms with Gasteiger partial charge in [-0.2, -0.15) is 0 Å². The van der Waals surface area contributed by atoms with Crippen molar-refractivity contribution < 1.29 is 29.7 Å². The first-order chi connectivity index (χ1) is 10.9. The minimum Gasteiger partial charge on any atom is -0.481 e. The van der Waals surface area contributed by atoms with Gasteiger partial charge in [-0.05, 0) is 19.8 Å². The Labute approximate surface area is 136 Å². The van der Waals surface area contributed by atoms with Crippen molar-refractivity contribution in [3.63, 3.8) is 0 Å². The Balaban J connectivity index is 4.86. The number of nitrogens with two attached hydrogens (primary N) is 1. The monoisotopic (exact) mass is 334 g/mol. The van der Waals surface area contributed by atoms with E-state index in [1.54, 1.807) is 13.8 Å². The van der Waals surface area contributed by atoms with Gasteiger partial charge >= 0.3 is 5.97 Å². The Morgan fingerprint density at radius 1 is 1.22 bits per heavy atom. The number of aliphatic hydroxyl groups is 2. The van der Waals surface area contributed by atoms with E-state index >= 15 is 0 Å². The van der Waals surface area contributed by atoms with Gasteiger partial charge in [0, 0.05) is 0 Å². The van der Waals surface area contributed by atoms with Crippen LogP contribution in [0.2, 0.25) is 0 Å². The van der Waals surface area contributed by atoms with Gasteiger partial charge in [-0.25, -0.2) is 0 Å². The molecular weight excluding hydrogens is 306 g/mol. The van der Waals surface area contributed by atoms with Crippen LogP contribution in [0.3, 0.4) is 0 Å². The second-order valence-electron chi connectivity index (χ2n) is 6.31. The Bertz CT molecular complexity index is 452. The highest BCUT2D eigenvalue weighted by molar-refractivity contribution is 5.91. The minimum atomic E-state index is -1.32. The summed E-state index contributed by atoms with van der Waals surface area (Å²) in [5.41, 5.74) is 4.26. The molecule has 3 atom stereocenters. The predicted octanol–water partition coefficient (Wildman–Crippen LogP) is -1.82. The van der Waals surface area contributed by atoms with Crippen LogP contribution in [-0.2, 0) is 14.4 Å². The van der Waals surface area contributed by atoms with E-state index in [-0.39, 0.29) is 5.92 Å². The molecule has 0 aromatic heterocycles.